The summed E-state index contributed by atoms with van der Waals surface area (Å²) in [7, 11) is 0. The fraction of sp³-hybridized carbons (Fsp3) is 0.692. The summed E-state index contributed by atoms with van der Waals surface area (Å²) in [6.07, 6.45) is 10.0. The predicted octanol–water partition coefficient (Wildman–Crippen LogP) is 3.82. The van der Waals surface area contributed by atoms with Gasteiger partial charge in [-0.05, 0) is 37.3 Å². The van der Waals surface area contributed by atoms with Gasteiger partial charge in [-0.2, -0.15) is 0 Å². The van der Waals surface area contributed by atoms with E-state index >= 15 is 0 Å². The second-order valence-corrected chi connectivity index (χ2v) is 5.23. The van der Waals surface area contributed by atoms with Crippen LogP contribution in [0.2, 0.25) is 5.28 Å². The van der Waals surface area contributed by atoms with Crippen molar-refractivity contribution in [2.45, 2.75) is 45.4 Å². The Morgan fingerprint density at radius 2 is 2.18 bits per heavy atom. The maximum atomic E-state index is 5.77. The molecule has 1 N–H and O–H groups in total. The van der Waals surface area contributed by atoms with Crippen LogP contribution in [0.1, 0.15) is 44.1 Å². The Morgan fingerprint density at radius 1 is 1.41 bits per heavy atom. The summed E-state index contributed by atoms with van der Waals surface area (Å²) in [6, 6.07) is 0. The molecule has 1 heterocycles. The second-order valence-electron chi connectivity index (χ2n) is 4.89. The molecule has 0 radical (unpaired) electrons. The Labute approximate surface area is 108 Å². The van der Waals surface area contributed by atoms with Crippen LogP contribution < -0.4 is 5.32 Å². The normalized spacial score (nSPS) is 16.4. The number of anilines is 1. The van der Waals surface area contributed by atoms with Crippen molar-refractivity contribution in [3.05, 3.63) is 17.0 Å². The van der Waals surface area contributed by atoms with Crippen molar-refractivity contribution in [1.82, 2.24) is 9.97 Å². The number of hydrogen-bond acceptors (Lipinski definition) is 3. The number of hydrogen-bond donors (Lipinski definition) is 1. The Bertz CT molecular complexity index is 362. The average Bonchev–Trinajstić information content (AvgIpc) is 2.82. The molecule has 1 aliphatic rings. The molecule has 0 unspecified atom stereocenters. The first-order chi connectivity index (χ1) is 8.25. The maximum Gasteiger partial charge on any atom is 0.224 e. The monoisotopic (exact) mass is 253 g/mol. The van der Waals surface area contributed by atoms with Crippen molar-refractivity contribution < 1.29 is 0 Å². The minimum absolute atomic E-state index is 0.314. The Kier molecular flexibility index (Phi) is 4.60. The average molecular weight is 254 g/mol. The first-order valence-corrected chi connectivity index (χ1v) is 6.86. The zero-order chi connectivity index (χ0) is 12.1. The minimum atomic E-state index is 0.314. The molecule has 1 aromatic heterocycles. The van der Waals surface area contributed by atoms with E-state index in [1.165, 1.54) is 38.5 Å². The van der Waals surface area contributed by atoms with E-state index in [0.717, 1.165) is 23.8 Å². The van der Waals surface area contributed by atoms with E-state index in [-0.39, 0.29) is 0 Å². The van der Waals surface area contributed by atoms with Crippen molar-refractivity contribution in [3.63, 3.8) is 0 Å². The lowest BCUT2D eigenvalue weighted by Crippen LogP contribution is -2.07. The molecule has 2 rings (SSSR count). The highest BCUT2D eigenvalue weighted by Gasteiger charge is 2.14. The highest BCUT2D eigenvalue weighted by Crippen LogP contribution is 2.28. The largest absolute Gasteiger partial charge is 0.370 e. The Balaban J connectivity index is 1.72. The van der Waals surface area contributed by atoms with Crippen molar-refractivity contribution in [3.8, 4) is 0 Å². The number of aryl methyl sites for hydroxylation is 1. The third-order valence-electron chi connectivity index (χ3n) is 3.50. The quantitative estimate of drug-likeness (QED) is 0.640. The van der Waals surface area contributed by atoms with E-state index in [9.17, 15) is 0 Å². The van der Waals surface area contributed by atoms with Crippen LogP contribution in [0.25, 0.3) is 0 Å². The predicted molar refractivity (Wildman–Crippen MR) is 71.5 cm³/mol. The lowest BCUT2D eigenvalue weighted by molar-refractivity contribution is 0.491. The fourth-order valence-electron chi connectivity index (χ4n) is 2.50. The van der Waals surface area contributed by atoms with Gasteiger partial charge in [0, 0.05) is 18.3 Å². The molecule has 1 aromatic rings. The summed E-state index contributed by atoms with van der Waals surface area (Å²) in [5.41, 5.74) is 1.05. The van der Waals surface area contributed by atoms with Gasteiger partial charge in [0.25, 0.3) is 0 Å². The molecule has 1 fully saturated rings. The van der Waals surface area contributed by atoms with Crippen LogP contribution in [0, 0.1) is 12.8 Å². The minimum Gasteiger partial charge on any atom is -0.370 e. The molecule has 1 aliphatic carbocycles. The number of aromatic nitrogens is 2. The van der Waals surface area contributed by atoms with Crippen molar-refractivity contribution >= 4 is 17.4 Å². The van der Waals surface area contributed by atoms with Crippen molar-refractivity contribution in [2.75, 3.05) is 11.9 Å². The summed E-state index contributed by atoms with van der Waals surface area (Å²) < 4.78 is 0. The second kappa shape index (κ2) is 6.20. The third kappa shape index (κ3) is 3.84. The molecule has 4 heteroatoms. The van der Waals surface area contributed by atoms with Crippen LogP contribution in [0.4, 0.5) is 5.82 Å². The molecule has 0 amide bonds. The van der Waals surface area contributed by atoms with Crippen LogP contribution in [-0.4, -0.2) is 16.5 Å². The maximum absolute atomic E-state index is 5.77. The van der Waals surface area contributed by atoms with Gasteiger partial charge in [-0.1, -0.05) is 25.7 Å². The first kappa shape index (κ1) is 12.6. The number of halogens is 1. The highest BCUT2D eigenvalue weighted by molar-refractivity contribution is 6.28. The van der Waals surface area contributed by atoms with Crippen LogP contribution in [0.5, 0.6) is 0 Å². The molecule has 0 aromatic carbocycles. The molecule has 94 valence electrons. The zero-order valence-electron chi connectivity index (χ0n) is 10.4. The Morgan fingerprint density at radius 3 is 2.94 bits per heavy atom. The van der Waals surface area contributed by atoms with E-state index < -0.39 is 0 Å². The number of nitrogens with zero attached hydrogens (tertiary/aromatic N) is 2. The molecule has 1 saturated carbocycles. The summed E-state index contributed by atoms with van der Waals surface area (Å²) in [5, 5.41) is 3.66. The summed E-state index contributed by atoms with van der Waals surface area (Å²) in [6.45, 7) is 2.97. The molecule has 3 nitrogen and oxygen atoms in total. The Hall–Kier alpha value is -0.830. The van der Waals surface area contributed by atoms with Gasteiger partial charge in [-0.3, -0.25) is 0 Å². The van der Waals surface area contributed by atoms with Gasteiger partial charge in [0.2, 0.25) is 5.28 Å². The molecule has 0 saturated heterocycles. The summed E-state index contributed by atoms with van der Waals surface area (Å²) in [4.78, 5) is 8.13. The summed E-state index contributed by atoms with van der Waals surface area (Å²) >= 11 is 5.77. The molecule has 0 aliphatic heterocycles. The molecule has 0 atom stereocenters. The van der Waals surface area contributed by atoms with E-state index in [2.05, 4.69) is 15.3 Å². The van der Waals surface area contributed by atoms with Gasteiger partial charge < -0.3 is 5.32 Å². The van der Waals surface area contributed by atoms with Gasteiger partial charge in [0.05, 0.1) is 0 Å². The van der Waals surface area contributed by atoms with Gasteiger partial charge in [0.15, 0.2) is 0 Å². The molecular weight excluding hydrogens is 234 g/mol. The van der Waals surface area contributed by atoms with Crippen molar-refractivity contribution in [1.29, 1.82) is 0 Å². The summed E-state index contributed by atoms with van der Waals surface area (Å²) in [5.74, 6) is 1.84. The smallest absolute Gasteiger partial charge is 0.224 e. The van der Waals surface area contributed by atoms with Gasteiger partial charge in [-0.25, -0.2) is 9.97 Å². The highest BCUT2D eigenvalue weighted by atomic mass is 35.5. The van der Waals surface area contributed by atoms with Crippen LogP contribution >= 0.6 is 11.6 Å². The first-order valence-electron chi connectivity index (χ1n) is 6.48. The van der Waals surface area contributed by atoms with E-state index in [4.69, 9.17) is 11.6 Å². The van der Waals surface area contributed by atoms with Gasteiger partial charge in [-0.15, -0.1) is 0 Å². The number of rotatable bonds is 5. The topological polar surface area (TPSA) is 37.8 Å². The zero-order valence-corrected chi connectivity index (χ0v) is 11.1. The third-order valence-corrected chi connectivity index (χ3v) is 3.68. The number of nitrogens with one attached hydrogen (secondary N) is 1. The lowest BCUT2D eigenvalue weighted by Gasteiger charge is -2.10. The van der Waals surface area contributed by atoms with Gasteiger partial charge in [0.1, 0.15) is 5.82 Å². The SMILES string of the molecule is Cc1cnc(Cl)nc1NCCCC1CCCC1. The van der Waals surface area contributed by atoms with Gasteiger partial charge >= 0.3 is 0 Å². The lowest BCUT2D eigenvalue weighted by atomic mass is 10.0. The van der Waals surface area contributed by atoms with Crippen LogP contribution in [0.3, 0.4) is 0 Å². The van der Waals surface area contributed by atoms with E-state index in [0.29, 0.717) is 5.28 Å². The van der Waals surface area contributed by atoms with E-state index in [1.54, 1.807) is 6.20 Å². The molecular formula is C13H20ClN3. The standard InChI is InChI=1S/C13H20ClN3/c1-10-9-16-13(14)17-12(10)15-8-4-7-11-5-2-3-6-11/h9,11H,2-8H2,1H3,(H,15,16,17). The fourth-order valence-corrected chi connectivity index (χ4v) is 2.63. The van der Waals surface area contributed by atoms with Crippen molar-refractivity contribution in [2.24, 2.45) is 5.92 Å². The van der Waals surface area contributed by atoms with E-state index in [1.807, 2.05) is 6.92 Å². The molecule has 0 spiro atoms. The van der Waals surface area contributed by atoms with Crippen LogP contribution in [0.15, 0.2) is 6.20 Å². The van der Waals surface area contributed by atoms with Crippen LogP contribution in [-0.2, 0) is 0 Å². The molecule has 0 bridgehead atoms. The molecule has 17 heavy (non-hydrogen) atoms.